The molecular weight excluding hydrogens is 425 g/mol. The average molecular weight is 428 g/mol. The fourth-order valence-corrected chi connectivity index (χ4v) is 2.38. The highest BCUT2D eigenvalue weighted by Crippen LogP contribution is 2.32. The van der Waals surface area contributed by atoms with Gasteiger partial charge in [-0.15, -0.1) is 0 Å². The van der Waals surface area contributed by atoms with E-state index < -0.39 is 6.61 Å². The summed E-state index contributed by atoms with van der Waals surface area (Å²) in [7, 11) is 0. The number of alkyl halides is 2. The second kappa shape index (κ2) is 4.88. The minimum absolute atomic E-state index is 0.172. The predicted molar refractivity (Wildman–Crippen MR) is 61.2 cm³/mol. The Labute approximate surface area is 104 Å². The molecule has 0 spiro atoms. The molecule has 0 aliphatic rings. The first kappa shape index (κ1) is 11.6. The summed E-state index contributed by atoms with van der Waals surface area (Å²) in [6.07, 6.45) is 0. The SMILES string of the molecule is FC(F)Oc1cc(Br)c(Br)cc1I. The van der Waals surface area contributed by atoms with E-state index in [4.69, 9.17) is 0 Å². The van der Waals surface area contributed by atoms with Gasteiger partial charge in [-0.05, 0) is 66.6 Å². The standard InChI is InChI=1S/C7H3Br2F2IO/c8-3-1-5(12)6(2-4(3)9)13-7(10)11/h1-2,7H. The summed E-state index contributed by atoms with van der Waals surface area (Å²) in [6, 6.07) is 3.19. The normalized spacial score (nSPS) is 10.6. The van der Waals surface area contributed by atoms with Crippen LogP contribution < -0.4 is 4.74 Å². The van der Waals surface area contributed by atoms with E-state index in [2.05, 4.69) is 36.6 Å². The van der Waals surface area contributed by atoms with E-state index in [1.54, 1.807) is 6.07 Å². The van der Waals surface area contributed by atoms with E-state index in [0.717, 1.165) is 4.47 Å². The Hall–Kier alpha value is 0.570. The van der Waals surface area contributed by atoms with Crippen LogP contribution in [0.15, 0.2) is 21.1 Å². The molecule has 0 aliphatic carbocycles. The third-order valence-corrected chi connectivity index (χ3v) is 3.88. The largest absolute Gasteiger partial charge is 0.434 e. The van der Waals surface area contributed by atoms with Crippen LogP contribution >= 0.6 is 54.5 Å². The number of rotatable bonds is 2. The lowest BCUT2D eigenvalue weighted by atomic mass is 10.3. The number of hydrogen-bond donors (Lipinski definition) is 0. The first-order valence-electron chi connectivity index (χ1n) is 3.10. The van der Waals surface area contributed by atoms with Gasteiger partial charge in [0, 0.05) is 8.95 Å². The Morgan fingerprint density at radius 2 is 1.77 bits per heavy atom. The maximum atomic E-state index is 11.9. The molecule has 13 heavy (non-hydrogen) atoms. The molecule has 0 amide bonds. The Bertz CT molecular complexity index is 320. The van der Waals surface area contributed by atoms with Crippen molar-refractivity contribution in [3.05, 3.63) is 24.6 Å². The highest BCUT2D eigenvalue weighted by molar-refractivity contribution is 14.1. The summed E-state index contributed by atoms with van der Waals surface area (Å²) in [5.41, 5.74) is 0. The van der Waals surface area contributed by atoms with Crippen molar-refractivity contribution in [2.24, 2.45) is 0 Å². The first-order valence-corrected chi connectivity index (χ1v) is 5.76. The second-order valence-electron chi connectivity index (χ2n) is 2.08. The van der Waals surface area contributed by atoms with Gasteiger partial charge in [-0.25, -0.2) is 0 Å². The monoisotopic (exact) mass is 426 g/mol. The summed E-state index contributed by atoms with van der Waals surface area (Å²) in [5.74, 6) is 0.172. The molecule has 72 valence electrons. The predicted octanol–water partition coefficient (Wildman–Crippen LogP) is 4.42. The second-order valence-corrected chi connectivity index (χ2v) is 4.95. The van der Waals surface area contributed by atoms with Gasteiger partial charge in [-0.1, -0.05) is 0 Å². The number of halogens is 5. The van der Waals surface area contributed by atoms with E-state index in [0.29, 0.717) is 8.04 Å². The number of hydrogen-bond acceptors (Lipinski definition) is 1. The van der Waals surface area contributed by atoms with Gasteiger partial charge >= 0.3 is 6.61 Å². The fraction of sp³-hybridized carbons (Fsp3) is 0.143. The molecule has 1 aromatic rings. The average Bonchev–Trinajstić information content (AvgIpc) is 1.99. The van der Waals surface area contributed by atoms with Gasteiger partial charge in [-0.2, -0.15) is 8.78 Å². The molecule has 0 saturated heterocycles. The van der Waals surface area contributed by atoms with Crippen molar-refractivity contribution in [3.8, 4) is 5.75 Å². The number of ether oxygens (including phenoxy) is 1. The van der Waals surface area contributed by atoms with Crippen molar-refractivity contribution in [3.63, 3.8) is 0 Å². The van der Waals surface area contributed by atoms with Gasteiger partial charge < -0.3 is 4.74 Å². The molecule has 1 aromatic carbocycles. The van der Waals surface area contributed by atoms with Gasteiger partial charge in [-0.3, -0.25) is 0 Å². The summed E-state index contributed by atoms with van der Waals surface area (Å²) >= 11 is 8.37. The lowest BCUT2D eigenvalue weighted by Crippen LogP contribution is -2.03. The molecule has 0 saturated carbocycles. The van der Waals surface area contributed by atoms with Crippen LogP contribution in [0.25, 0.3) is 0 Å². The van der Waals surface area contributed by atoms with Crippen LogP contribution in [0, 0.1) is 3.57 Å². The van der Waals surface area contributed by atoms with Crippen molar-refractivity contribution in [2.45, 2.75) is 6.61 Å². The van der Waals surface area contributed by atoms with Crippen LogP contribution in [-0.4, -0.2) is 6.61 Å². The van der Waals surface area contributed by atoms with Gasteiger partial charge in [0.1, 0.15) is 5.75 Å². The van der Waals surface area contributed by atoms with Crippen LogP contribution in [0.1, 0.15) is 0 Å². The van der Waals surface area contributed by atoms with E-state index in [-0.39, 0.29) is 5.75 Å². The highest BCUT2D eigenvalue weighted by atomic mass is 127. The van der Waals surface area contributed by atoms with Crippen LogP contribution in [-0.2, 0) is 0 Å². The van der Waals surface area contributed by atoms with Crippen molar-refractivity contribution in [1.29, 1.82) is 0 Å². The third kappa shape index (κ3) is 3.32. The fourth-order valence-electron chi connectivity index (χ4n) is 0.691. The molecule has 6 heteroatoms. The maximum Gasteiger partial charge on any atom is 0.387 e. The molecular formula is C7H3Br2F2IO. The maximum absolute atomic E-state index is 11.9. The molecule has 0 aliphatic heterocycles. The Morgan fingerprint density at radius 3 is 2.31 bits per heavy atom. The minimum atomic E-state index is -2.79. The Balaban J connectivity index is 3.01. The summed E-state index contributed by atoms with van der Waals surface area (Å²) < 4.78 is 30.2. The smallest absolute Gasteiger partial charge is 0.387 e. The summed E-state index contributed by atoms with van der Waals surface area (Å²) in [5, 5.41) is 0. The Morgan fingerprint density at radius 1 is 1.23 bits per heavy atom. The lowest BCUT2D eigenvalue weighted by Gasteiger charge is -2.07. The highest BCUT2D eigenvalue weighted by Gasteiger charge is 2.10. The third-order valence-electron chi connectivity index (χ3n) is 1.19. The summed E-state index contributed by atoms with van der Waals surface area (Å²) in [6.45, 7) is -2.79. The molecule has 0 heterocycles. The molecule has 0 bridgehead atoms. The summed E-state index contributed by atoms with van der Waals surface area (Å²) in [4.78, 5) is 0. The van der Waals surface area contributed by atoms with Crippen LogP contribution in [0.4, 0.5) is 8.78 Å². The van der Waals surface area contributed by atoms with E-state index in [1.807, 2.05) is 22.6 Å². The molecule has 1 nitrogen and oxygen atoms in total. The van der Waals surface area contributed by atoms with E-state index in [1.165, 1.54) is 6.07 Å². The zero-order chi connectivity index (χ0) is 10.0. The molecule has 1 rings (SSSR count). The van der Waals surface area contributed by atoms with Gasteiger partial charge in [0.2, 0.25) is 0 Å². The van der Waals surface area contributed by atoms with Gasteiger partial charge in [0.25, 0.3) is 0 Å². The molecule has 0 aromatic heterocycles. The van der Waals surface area contributed by atoms with Crippen molar-refractivity contribution < 1.29 is 13.5 Å². The van der Waals surface area contributed by atoms with Gasteiger partial charge in [0.05, 0.1) is 3.57 Å². The van der Waals surface area contributed by atoms with Crippen molar-refractivity contribution >= 4 is 54.5 Å². The van der Waals surface area contributed by atoms with Crippen LogP contribution in [0.2, 0.25) is 0 Å². The minimum Gasteiger partial charge on any atom is -0.434 e. The van der Waals surface area contributed by atoms with Gasteiger partial charge in [0.15, 0.2) is 0 Å². The molecule has 0 unspecified atom stereocenters. The Kier molecular flexibility index (Phi) is 4.37. The van der Waals surface area contributed by atoms with Crippen LogP contribution in [0.3, 0.4) is 0 Å². The van der Waals surface area contributed by atoms with Crippen molar-refractivity contribution in [1.82, 2.24) is 0 Å². The zero-order valence-corrected chi connectivity index (χ0v) is 11.4. The molecule has 0 fully saturated rings. The molecule has 0 radical (unpaired) electrons. The van der Waals surface area contributed by atoms with E-state index in [9.17, 15) is 8.78 Å². The zero-order valence-electron chi connectivity index (χ0n) is 6.03. The van der Waals surface area contributed by atoms with Crippen LogP contribution in [0.5, 0.6) is 5.75 Å². The lowest BCUT2D eigenvalue weighted by molar-refractivity contribution is -0.0504. The molecule has 0 atom stereocenters. The first-order chi connectivity index (χ1) is 6.00. The number of benzene rings is 1. The molecule has 0 N–H and O–H groups in total. The quantitative estimate of drug-likeness (QED) is 0.501. The topological polar surface area (TPSA) is 9.23 Å². The van der Waals surface area contributed by atoms with Crippen molar-refractivity contribution in [2.75, 3.05) is 0 Å². The van der Waals surface area contributed by atoms with E-state index >= 15 is 0 Å².